The Balaban J connectivity index is 2.03. The van der Waals surface area contributed by atoms with Crippen LogP contribution in [-0.2, 0) is 4.74 Å². The van der Waals surface area contributed by atoms with E-state index < -0.39 is 17.7 Å². The van der Waals surface area contributed by atoms with Gasteiger partial charge in [0.25, 0.3) is 0 Å². The Morgan fingerprint density at radius 3 is 2.28 bits per heavy atom. The largest absolute Gasteiger partial charge is 0.444 e. The van der Waals surface area contributed by atoms with Crippen LogP contribution < -0.4 is 10.1 Å². The molecule has 29 heavy (non-hydrogen) atoms. The van der Waals surface area contributed by atoms with Gasteiger partial charge < -0.3 is 9.47 Å². The Kier molecular flexibility index (Phi) is 6.88. The van der Waals surface area contributed by atoms with Gasteiger partial charge in [-0.15, -0.1) is 0 Å². The summed E-state index contributed by atoms with van der Waals surface area (Å²) in [5.41, 5.74) is 1.51. The number of alkyl carbamates (subject to hydrolysis) is 1. The highest BCUT2D eigenvalue weighted by Crippen LogP contribution is 2.21. The van der Waals surface area contributed by atoms with Gasteiger partial charge in [0, 0.05) is 5.56 Å². The van der Waals surface area contributed by atoms with Crippen molar-refractivity contribution in [3.8, 4) is 5.75 Å². The molecule has 1 amide bonds. The number of aliphatic imine (C=N–C) groups is 1. The van der Waals surface area contributed by atoms with E-state index in [-0.39, 0.29) is 0 Å². The van der Waals surface area contributed by atoms with Crippen LogP contribution in [0.2, 0.25) is 0 Å². The first kappa shape index (κ1) is 21.8. The summed E-state index contributed by atoms with van der Waals surface area (Å²) in [6.07, 6.45) is 0.146. The van der Waals surface area contributed by atoms with Crippen LogP contribution in [0.1, 0.15) is 54.0 Å². The topological polar surface area (TPSA) is 94.1 Å². The normalized spacial score (nSPS) is 11.6. The maximum atomic E-state index is 12.3. The quantitative estimate of drug-likeness (QED) is 0.268. The molecule has 0 unspecified atom stereocenters. The summed E-state index contributed by atoms with van der Waals surface area (Å²) < 4.78 is 10.6. The summed E-state index contributed by atoms with van der Waals surface area (Å²) in [5, 5.41) is 2.54. The average Bonchev–Trinajstić information content (AvgIpc) is 2.62. The van der Waals surface area contributed by atoms with Crippen molar-refractivity contribution < 1.29 is 23.9 Å². The number of ether oxygens (including phenoxy) is 2. The van der Waals surface area contributed by atoms with Crippen molar-refractivity contribution in [2.24, 2.45) is 4.99 Å². The Bertz CT molecular complexity index is 941. The van der Waals surface area contributed by atoms with Gasteiger partial charge in [0.05, 0.1) is 11.3 Å². The van der Waals surface area contributed by atoms with E-state index >= 15 is 0 Å². The molecular formula is C22H24N2O5. The molecule has 152 valence electrons. The molecule has 0 bridgehead atoms. The number of amides is 1. The lowest BCUT2D eigenvalue weighted by atomic mass is 10.1. The van der Waals surface area contributed by atoms with Gasteiger partial charge in [-0.2, -0.15) is 0 Å². The van der Waals surface area contributed by atoms with E-state index in [1.807, 2.05) is 0 Å². The van der Waals surface area contributed by atoms with Crippen molar-refractivity contribution >= 4 is 29.9 Å². The van der Waals surface area contributed by atoms with Gasteiger partial charge in [0.15, 0.2) is 0 Å². The monoisotopic (exact) mass is 396 g/mol. The molecule has 0 radical (unpaired) electrons. The van der Waals surface area contributed by atoms with Crippen LogP contribution in [0.5, 0.6) is 5.75 Å². The highest BCUT2D eigenvalue weighted by atomic mass is 16.6. The Morgan fingerprint density at radius 1 is 1.07 bits per heavy atom. The van der Waals surface area contributed by atoms with E-state index in [0.717, 1.165) is 6.29 Å². The fraction of sp³-hybridized carbons (Fsp3) is 0.273. The van der Waals surface area contributed by atoms with Gasteiger partial charge in [-0.25, -0.2) is 14.6 Å². The van der Waals surface area contributed by atoms with E-state index in [1.165, 1.54) is 0 Å². The molecule has 2 aromatic rings. The molecule has 2 aromatic carbocycles. The number of carbonyl (C=O) groups excluding carboxylic acids is 3. The number of esters is 1. The minimum absolute atomic E-state index is 0.348. The van der Waals surface area contributed by atoms with Crippen molar-refractivity contribution in [2.45, 2.75) is 40.2 Å². The number of hydrogen-bond donors (Lipinski definition) is 1. The maximum absolute atomic E-state index is 12.3. The average molecular weight is 396 g/mol. The van der Waals surface area contributed by atoms with E-state index in [0.29, 0.717) is 34.0 Å². The zero-order valence-electron chi connectivity index (χ0n) is 17.1. The summed E-state index contributed by atoms with van der Waals surface area (Å²) in [5.74, 6) is 0.228. The van der Waals surface area contributed by atoms with Crippen LogP contribution in [0.25, 0.3) is 0 Å². The van der Waals surface area contributed by atoms with Gasteiger partial charge in [0.1, 0.15) is 23.5 Å². The number of nitrogens with one attached hydrogen (secondary N) is 1. The summed E-state index contributed by atoms with van der Waals surface area (Å²) in [7, 11) is 0. The molecule has 0 heterocycles. The second kappa shape index (κ2) is 9.14. The Labute approximate surface area is 169 Å². The van der Waals surface area contributed by atoms with Crippen molar-refractivity contribution in [1.82, 2.24) is 5.32 Å². The molecule has 2 rings (SSSR count). The molecule has 1 N–H and O–H groups in total. The van der Waals surface area contributed by atoms with E-state index in [2.05, 4.69) is 10.3 Å². The van der Waals surface area contributed by atoms with Gasteiger partial charge in [0.2, 0.25) is 0 Å². The number of rotatable bonds is 4. The molecule has 0 spiro atoms. The van der Waals surface area contributed by atoms with Crippen LogP contribution in [-0.4, -0.2) is 29.8 Å². The number of nitrogens with zero attached hydrogens (tertiary/aromatic N) is 1. The fourth-order valence-electron chi connectivity index (χ4n) is 2.36. The first-order valence-corrected chi connectivity index (χ1v) is 9.01. The van der Waals surface area contributed by atoms with Crippen LogP contribution in [0.3, 0.4) is 0 Å². The predicted octanol–water partition coefficient (Wildman–Crippen LogP) is 4.60. The fourth-order valence-corrected chi connectivity index (χ4v) is 2.36. The van der Waals surface area contributed by atoms with Crippen LogP contribution in [0.15, 0.2) is 47.5 Å². The van der Waals surface area contributed by atoms with E-state index in [4.69, 9.17) is 9.47 Å². The summed E-state index contributed by atoms with van der Waals surface area (Å²) in [6.45, 7) is 8.71. The molecule has 0 aromatic heterocycles. The number of benzene rings is 2. The lowest BCUT2D eigenvalue weighted by Crippen LogP contribution is -2.35. The molecule has 0 aliphatic rings. The lowest BCUT2D eigenvalue weighted by molar-refractivity contribution is 0.0562. The highest BCUT2D eigenvalue weighted by molar-refractivity contribution is 5.95. The molecule has 7 nitrogen and oxygen atoms in total. The number of aldehydes is 1. The smallest absolute Gasteiger partial charge is 0.413 e. The van der Waals surface area contributed by atoms with Crippen molar-refractivity contribution in [3.05, 3.63) is 59.2 Å². The number of hydrogen-bond acceptors (Lipinski definition) is 6. The SMILES string of the molecule is CC(=Nc1ccc(C(=O)Oc2ccc(C=O)cc2C)cc1)NC(=O)OC(C)(C)C. The molecule has 0 saturated carbocycles. The second-order valence-electron chi connectivity index (χ2n) is 7.40. The van der Waals surface area contributed by atoms with Crippen LogP contribution >= 0.6 is 0 Å². The summed E-state index contributed by atoms with van der Waals surface area (Å²) in [4.78, 5) is 39.1. The standard InChI is InChI=1S/C22H24N2O5/c1-14-12-16(13-25)6-11-19(14)28-20(26)17-7-9-18(10-8-17)23-15(2)24-21(27)29-22(3,4)5/h6-13H,1-5H3,(H,23,24,27). The zero-order valence-corrected chi connectivity index (χ0v) is 17.1. The van der Waals surface area contributed by atoms with E-state index in [9.17, 15) is 14.4 Å². The first-order valence-electron chi connectivity index (χ1n) is 9.01. The van der Waals surface area contributed by atoms with Gasteiger partial charge in [-0.3, -0.25) is 10.1 Å². The highest BCUT2D eigenvalue weighted by Gasteiger charge is 2.16. The van der Waals surface area contributed by atoms with E-state index in [1.54, 1.807) is 77.1 Å². The molecule has 0 aliphatic heterocycles. The van der Waals surface area contributed by atoms with Gasteiger partial charge in [-0.1, -0.05) is 0 Å². The number of aryl methyl sites for hydroxylation is 1. The predicted molar refractivity (Wildman–Crippen MR) is 110 cm³/mol. The van der Waals surface area contributed by atoms with Crippen molar-refractivity contribution in [1.29, 1.82) is 0 Å². The molecule has 0 fully saturated rings. The van der Waals surface area contributed by atoms with Crippen LogP contribution in [0, 0.1) is 6.92 Å². The molecule has 0 aliphatic carbocycles. The lowest BCUT2D eigenvalue weighted by Gasteiger charge is -2.19. The third kappa shape index (κ3) is 6.88. The molecule has 0 atom stereocenters. The molecule has 7 heteroatoms. The Hall–Kier alpha value is -3.48. The minimum atomic E-state index is -0.599. The third-order valence-electron chi connectivity index (χ3n) is 3.62. The number of amidine groups is 1. The van der Waals surface area contributed by atoms with Gasteiger partial charge in [-0.05, 0) is 82.6 Å². The summed E-state index contributed by atoms with van der Waals surface area (Å²) >= 11 is 0. The van der Waals surface area contributed by atoms with Crippen molar-refractivity contribution in [3.63, 3.8) is 0 Å². The Morgan fingerprint density at radius 2 is 1.72 bits per heavy atom. The zero-order chi connectivity index (χ0) is 21.6. The maximum Gasteiger partial charge on any atom is 0.413 e. The third-order valence-corrected chi connectivity index (χ3v) is 3.62. The summed E-state index contributed by atoms with van der Waals surface area (Å²) in [6, 6.07) is 11.3. The van der Waals surface area contributed by atoms with Gasteiger partial charge >= 0.3 is 12.1 Å². The minimum Gasteiger partial charge on any atom is -0.444 e. The first-order chi connectivity index (χ1) is 13.6. The van der Waals surface area contributed by atoms with Crippen LogP contribution in [0.4, 0.5) is 10.5 Å². The van der Waals surface area contributed by atoms with Crippen molar-refractivity contribution in [2.75, 3.05) is 0 Å². The molecular weight excluding hydrogens is 372 g/mol. The second-order valence-corrected chi connectivity index (χ2v) is 7.40. The number of carbonyl (C=O) groups is 3. The molecule has 0 saturated heterocycles.